The molecule has 168 valence electrons. The van der Waals surface area contributed by atoms with E-state index in [-0.39, 0.29) is 18.2 Å². The van der Waals surface area contributed by atoms with Crippen LogP contribution in [0.3, 0.4) is 0 Å². The van der Waals surface area contributed by atoms with Gasteiger partial charge in [0.15, 0.2) is 0 Å². The van der Waals surface area contributed by atoms with E-state index in [4.69, 9.17) is 0 Å². The number of aryl methyl sites for hydroxylation is 1. The number of urea groups is 1. The summed E-state index contributed by atoms with van der Waals surface area (Å²) in [5.74, 6) is 0. The molecule has 1 saturated heterocycles. The first kappa shape index (κ1) is 22.3. The molecule has 0 saturated carbocycles. The number of piperidine rings is 1. The molecule has 2 amide bonds. The van der Waals surface area contributed by atoms with Gasteiger partial charge in [0.05, 0.1) is 12.2 Å². The molecule has 1 aromatic heterocycles. The van der Waals surface area contributed by atoms with Crippen molar-refractivity contribution >= 4 is 16.8 Å². The van der Waals surface area contributed by atoms with Gasteiger partial charge in [-0.15, -0.1) is 0 Å². The molecule has 2 aromatic carbocycles. The Morgan fingerprint density at radius 3 is 2.78 bits per heavy atom. The number of likely N-dealkylation sites (tertiary alicyclic amines) is 1. The third-order valence-electron chi connectivity index (χ3n) is 6.63. The number of nitrogens with zero attached hydrogens (tertiary/aromatic N) is 3. The van der Waals surface area contributed by atoms with Crippen LogP contribution in [0.4, 0.5) is 4.79 Å². The number of pyridine rings is 1. The largest absolute Gasteiger partial charge is 0.331 e. The van der Waals surface area contributed by atoms with E-state index in [2.05, 4.69) is 77.7 Å². The van der Waals surface area contributed by atoms with Crippen LogP contribution in [0.25, 0.3) is 10.8 Å². The molecule has 0 spiro atoms. The zero-order valence-electron chi connectivity index (χ0n) is 19.2. The second-order valence-electron chi connectivity index (χ2n) is 8.71. The van der Waals surface area contributed by atoms with Crippen LogP contribution in [-0.2, 0) is 6.42 Å². The monoisotopic (exact) mass is 430 g/mol. The van der Waals surface area contributed by atoms with Crippen molar-refractivity contribution in [1.29, 1.82) is 0 Å². The Morgan fingerprint density at radius 2 is 2.00 bits per heavy atom. The summed E-state index contributed by atoms with van der Waals surface area (Å²) in [6.45, 7) is 3.82. The molecule has 5 nitrogen and oxygen atoms in total. The molecular weight excluding hydrogens is 396 g/mol. The lowest BCUT2D eigenvalue weighted by Gasteiger charge is -2.40. The summed E-state index contributed by atoms with van der Waals surface area (Å²) in [5, 5.41) is 5.80. The van der Waals surface area contributed by atoms with Crippen LogP contribution < -0.4 is 5.32 Å². The van der Waals surface area contributed by atoms with Crippen LogP contribution in [0.1, 0.15) is 49.8 Å². The van der Waals surface area contributed by atoms with Crippen LogP contribution >= 0.6 is 0 Å². The summed E-state index contributed by atoms with van der Waals surface area (Å²) < 4.78 is 0. The van der Waals surface area contributed by atoms with Gasteiger partial charge in [0.1, 0.15) is 0 Å². The molecule has 1 fully saturated rings. The van der Waals surface area contributed by atoms with Crippen LogP contribution in [0.5, 0.6) is 0 Å². The van der Waals surface area contributed by atoms with Crippen LogP contribution in [0.2, 0.25) is 0 Å². The van der Waals surface area contributed by atoms with Gasteiger partial charge in [-0.25, -0.2) is 4.79 Å². The van der Waals surface area contributed by atoms with Gasteiger partial charge in [-0.2, -0.15) is 0 Å². The number of nitrogens with one attached hydrogen (secondary N) is 1. The SMILES string of the molecule is CCN(C(=O)NC(CCc1cccnc1)c1cccc2ccccc12)C1CCCCN1C. The van der Waals surface area contributed by atoms with Gasteiger partial charge >= 0.3 is 6.03 Å². The van der Waals surface area contributed by atoms with Crippen molar-refractivity contribution in [3.05, 3.63) is 78.1 Å². The van der Waals surface area contributed by atoms with Gasteiger partial charge in [-0.1, -0.05) is 48.5 Å². The maximum absolute atomic E-state index is 13.5. The molecule has 4 rings (SSSR count). The van der Waals surface area contributed by atoms with Crippen molar-refractivity contribution in [2.75, 3.05) is 20.1 Å². The maximum atomic E-state index is 13.5. The molecule has 0 radical (unpaired) electrons. The molecule has 1 N–H and O–H groups in total. The normalized spacial score (nSPS) is 17.8. The first-order chi connectivity index (χ1) is 15.7. The van der Waals surface area contributed by atoms with E-state index in [9.17, 15) is 4.79 Å². The smallest absolute Gasteiger partial charge is 0.319 e. The fourth-order valence-corrected chi connectivity index (χ4v) is 4.89. The Labute approximate surface area is 191 Å². The van der Waals surface area contributed by atoms with Gasteiger partial charge in [-0.05, 0) is 80.6 Å². The first-order valence-corrected chi connectivity index (χ1v) is 11.8. The molecule has 1 aliphatic heterocycles. The number of aromatic nitrogens is 1. The van der Waals surface area contributed by atoms with Crippen LogP contribution in [0.15, 0.2) is 67.0 Å². The van der Waals surface area contributed by atoms with Crippen LogP contribution in [0, 0.1) is 0 Å². The van der Waals surface area contributed by atoms with Crippen LogP contribution in [-0.4, -0.2) is 47.1 Å². The standard InChI is InChI=1S/C27H34N4O/c1-3-31(26-15-6-7-19-30(26)2)27(32)29-25(17-16-21-10-9-18-28-20-21)24-14-8-12-22-11-4-5-13-23(22)24/h4-5,8-14,18,20,25-26H,3,6-7,15-17,19H2,1-2H3,(H,29,32). The highest BCUT2D eigenvalue weighted by Crippen LogP contribution is 2.28. The highest BCUT2D eigenvalue weighted by atomic mass is 16.2. The van der Waals surface area contributed by atoms with Crippen molar-refractivity contribution in [3.8, 4) is 0 Å². The van der Waals surface area contributed by atoms with Crippen molar-refractivity contribution < 1.29 is 4.79 Å². The molecule has 2 atom stereocenters. The minimum atomic E-state index is -0.0725. The van der Waals surface area contributed by atoms with E-state index in [1.807, 2.05) is 17.2 Å². The quantitative estimate of drug-likeness (QED) is 0.547. The van der Waals surface area contributed by atoms with Gasteiger partial charge in [0.2, 0.25) is 0 Å². The van der Waals surface area contributed by atoms with Gasteiger partial charge in [-0.3, -0.25) is 9.88 Å². The molecular formula is C27H34N4O. The molecule has 3 aromatic rings. The Kier molecular flexibility index (Phi) is 7.38. The Morgan fingerprint density at radius 1 is 1.16 bits per heavy atom. The van der Waals surface area contributed by atoms with E-state index in [0.717, 1.165) is 25.8 Å². The average molecular weight is 431 g/mol. The minimum Gasteiger partial charge on any atom is -0.331 e. The summed E-state index contributed by atoms with van der Waals surface area (Å²) in [6.07, 6.45) is 8.97. The molecule has 32 heavy (non-hydrogen) atoms. The van der Waals surface area contributed by atoms with Crippen molar-refractivity contribution in [1.82, 2.24) is 20.1 Å². The fraction of sp³-hybridized carbons (Fsp3) is 0.407. The minimum absolute atomic E-state index is 0.0235. The van der Waals surface area contributed by atoms with Gasteiger partial charge in [0.25, 0.3) is 0 Å². The van der Waals surface area contributed by atoms with E-state index < -0.39 is 0 Å². The number of carbonyl (C=O) groups excluding carboxylic acids is 1. The molecule has 0 aliphatic carbocycles. The highest BCUT2D eigenvalue weighted by Gasteiger charge is 2.29. The molecule has 2 unspecified atom stereocenters. The maximum Gasteiger partial charge on any atom is 0.319 e. The number of fused-ring (bicyclic) bond motifs is 1. The lowest BCUT2D eigenvalue weighted by Crippen LogP contribution is -2.54. The van der Waals surface area contributed by atoms with Crippen molar-refractivity contribution in [2.24, 2.45) is 0 Å². The molecule has 1 aliphatic rings. The summed E-state index contributed by atoms with van der Waals surface area (Å²) >= 11 is 0. The second kappa shape index (κ2) is 10.6. The second-order valence-corrected chi connectivity index (χ2v) is 8.71. The lowest BCUT2D eigenvalue weighted by molar-refractivity contribution is 0.0571. The number of hydrogen-bond acceptors (Lipinski definition) is 3. The van der Waals surface area contributed by atoms with E-state index in [0.29, 0.717) is 6.54 Å². The number of benzene rings is 2. The molecule has 0 bridgehead atoms. The topological polar surface area (TPSA) is 48.5 Å². The van der Waals surface area contributed by atoms with Gasteiger partial charge < -0.3 is 10.2 Å². The predicted molar refractivity (Wildman–Crippen MR) is 130 cm³/mol. The van der Waals surface area contributed by atoms with Gasteiger partial charge in [0, 0.05) is 18.9 Å². The summed E-state index contributed by atoms with van der Waals surface area (Å²) in [5.41, 5.74) is 2.36. The predicted octanol–water partition coefficient (Wildman–Crippen LogP) is 5.38. The van der Waals surface area contributed by atoms with E-state index in [1.54, 1.807) is 6.20 Å². The fourth-order valence-electron chi connectivity index (χ4n) is 4.89. The van der Waals surface area contributed by atoms with Crippen molar-refractivity contribution in [2.45, 2.75) is 51.2 Å². The number of hydrogen-bond donors (Lipinski definition) is 1. The molecule has 5 heteroatoms. The van der Waals surface area contributed by atoms with Crippen molar-refractivity contribution in [3.63, 3.8) is 0 Å². The number of carbonyl (C=O) groups is 1. The molecule has 2 heterocycles. The number of amides is 2. The Hall–Kier alpha value is -2.92. The lowest BCUT2D eigenvalue weighted by atomic mass is 9.94. The zero-order chi connectivity index (χ0) is 22.3. The highest BCUT2D eigenvalue weighted by molar-refractivity contribution is 5.86. The number of rotatable bonds is 7. The van der Waals surface area contributed by atoms with E-state index in [1.165, 1.54) is 34.7 Å². The first-order valence-electron chi connectivity index (χ1n) is 11.8. The third kappa shape index (κ3) is 5.10. The Balaban J connectivity index is 1.60. The summed E-state index contributed by atoms with van der Waals surface area (Å²) in [7, 11) is 2.13. The summed E-state index contributed by atoms with van der Waals surface area (Å²) in [6, 6.07) is 18.8. The Bertz CT molecular complexity index is 1020. The zero-order valence-corrected chi connectivity index (χ0v) is 19.2. The average Bonchev–Trinajstić information content (AvgIpc) is 2.84. The summed E-state index contributed by atoms with van der Waals surface area (Å²) in [4.78, 5) is 22.1. The van der Waals surface area contributed by atoms with E-state index >= 15 is 0 Å². The third-order valence-corrected chi connectivity index (χ3v) is 6.63.